The number of aromatic nitrogens is 2. The fourth-order valence-corrected chi connectivity index (χ4v) is 2.35. The highest BCUT2D eigenvalue weighted by molar-refractivity contribution is 6.32. The summed E-state index contributed by atoms with van der Waals surface area (Å²) >= 11 is 6.13. The standard InChI is InChI=1S/C12H18ClN3O2/c1-12(17)4-3-6-16(7-5-12)10-9(13)8-14-11(15-10)18-2/h8,17H,3-7H2,1-2H3. The van der Waals surface area contributed by atoms with Crippen molar-refractivity contribution in [3.8, 4) is 6.01 Å². The Morgan fingerprint density at radius 3 is 2.94 bits per heavy atom. The molecule has 5 nitrogen and oxygen atoms in total. The molecule has 0 saturated carbocycles. The Morgan fingerprint density at radius 1 is 1.44 bits per heavy atom. The number of methoxy groups -OCH3 is 1. The summed E-state index contributed by atoms with van der Waals surface area (Å²) in [7, 11) is 1.53. The molecule has 2 heterocycles. The van der Waals surface area contributed by atoms with Gasteiger partial charge in [0.1, 0.15) is 5.02 Å². The van der Waals surface area contributed by atoms with Gasteiger partial charge in [0.2, 0.25) is 0 Å². The lowest BCUT2D eigenvalue weighted by atomic mass is 9.98. The number of hydrogen-bond acceptors (Lipinski definition) is 5. The van der Waals surface area contributed by atoms with Gasteiger partial charge in [-0.3, -0.25) is 0 Å². The zero-order valence-corrected chi connectivity index (χ0v) is 11.4. The Bertz CT molecular complexity index is 426. The van der Waals surface area contributed by atoms with Crippen LogP contribution in [-0.2, 0) is 0 Å². The zero-order valence-electron chi connectivity index (χ0n) is 10.7. The summed E-state index contributed by atoms with van der Waals surface area (Å²) in [6, 6.07) is 0.311. The van der Waals surface area contributed by atoms with Gasteiger partial charge in [0.25, 0.3) is 0 Å². The van der Waals surface area contributed by atoms with Gasteiger partial charge in [-0.05, 0) is 26.2 Å². The van der Waals surface area contributed by atoms with E-state index in [9.17, 15) is 5.11 Å². The summed E-state index contributed by atoms with van der Waals surface area (Å²) in [5.41, 5.74) is -0.599. The molecule has 0 spiro atoms. The third-order valence-electron chi connectivity index (χ3n) is 3.25. The molecule has 0 aliphatic carbocycles. The van der Waals surface area contributed by atoms with Crippen molar-refractivity contribution in [2.45, 2.75) is 31.8 Å². The minimum absolute atomic E-state index is 0.311. The number of rotatable bonds is 2. The molecule has 18 heavy (non-hydrogen) atoms. The van der Waals surface area contributed by atoms with E-state index in [1.54, 1.807) is 6.20 Å². The summed E-state index contributed by atoms with van der Waals surface area (Å²) in [5.74, 6) is 0.682. The Hall–Kier alpha value is -1.07. The Labute approximate surface area is 112 Å². The quantitative estimate of drug-likeness (QED) is 0.890. The fourth-order valence-electron chi connectivity index (χ4n) is 2.14. The van der Waals surface area contributed by atoms with Crippen LogP contribution in [0.1, 0.15) is 26.2 Å². The number of ether oxygens (including phenoxy) is 1. The summed E-state index contributed by atoms with van der Waals surface area (Å²) in [5, 5.41) is 10.6. The molecule has 0 aromatic carbocycles. The molecule has 0 amide bonds. The van der Waals surface area contributed by atoms with Crippen LogP contribution in [0.2, 0.25) is 5.02 Å². The third kappa shape index (κ3) is 3.03. The number of aliphatic hydroxyl groups is 1. The van der Waals surface area contributed by atoms with E-state index < -0.39 is 5.60 Å². The van der Waals surface area contributed by atoms with E-state index in [1.165, 1.54) is 7.11 Å². The smallest absolute Gasteiger partial charge is 0.318 e. The molecular formula is C12H18ClN3O2. The van der Waals surface area contributed by atoms with E-state index in [1.807, 2.05) is 6.92 Å². The van der Waals surface area contributed by atoms with Gasteiger partial charge >= 0.3 is 6.01 Å². The summed E-state index contributed by atoms with van der Waals surface area (Å²) < 4.78 is 5.02. The van der Waals surface area contributed by atoms with Crippen molar-refractivity contribution < 1.29 is 9.84 Å². The molecule has 1 aromatic heterocycles. The van der Waals surface area contributed by atoms with Gasteiger partial charge in [0.05, 0.1) is 18.9 Å². The van der Waals surface area contributed by atoms with Crippen LogP contribution >= 0.6 is 11.6 Å². The highest BCUT2D eigenvalue weighted by atomic mass is 35.5. The van der Waals surface area contributed by atoms with Crippen LogP contribution in [0.5, 0.6) is 6.01 Å². The first-order valence-electron chi connectivity index (χ1n) is 6.06. The molecule has 0 bridgehead atoms. The van der Waals surface area contributed by atoms with Gasteiger partial charge < -0.3 is 14.7 Å². The number of hydrogen-bond donors (Lipinski definition) is 1. The molecule has 2 rings (SSSR count). The summed E-state index contributed by atoms with van der Waals surface area (Å²) in [6.07, 6.45) is 3.96. The van der Waals surface area contributed by atoms with Crippen LogP contribution in [0.3, 0.4) is 0 Å². The number of halogens is 1. The summed E-state index contributed by atoms with van der Waals surface area (Å²) in [4.78, 5) is 10.3. The summed E-state index contributed by atoms with van der Waals surface area (Å²) in [6.45, 7) is 3.43. The van der Waals surface area contributed by atoms with Crippen molar-refractivity contribution in [3.63, 3.8) is 0 Å². The van der Waals surface area contributed by atoms with Crippen LogP contribution in [0.4, 0.5) is 5.82 Å². The second-order valence-corrected chi connectivity index (χ2v) is 5.27. The van der Waals surface area contributed by atoms with Crippen molar-refractivity contribution in [2.75, 3.05) is 25.1 Å². The van der Waals surface area contributed by atoms with Gasteiger partial charge in [-0.2, -0.15) is 4.98 Å². The highest BCUT2D eigenvalue weighted by Gasteiger charge is 2.26. The lowest BCUT2D eigenvalue weighted by molar-refractivity contribution is 0.0481. The Kier molecular flexibility index (Phi) is 3.92. The molecule has 100 valence electrons. The lowest BCUT2D eigenvalue weighted by Gasteiger charge is -2.24. The molecule has 1 N–H and O–H groups in total. The van der Waals surface area contributed by atoms with Crippen molar-refractivity contribution in [3.05, 3.63) is 11.2 Å². The third-order valence-corrected chi connectivity index (χ3v) is 3.52. The van der Waals surface area contributed by atoms with E-state index in [-0.39, 0.29) is 0 Å². The van der Waals surface area contributed by atoms with Crippen molar-refractivity contribution in [1.82, 2.24) is 9.97 Å². The van der Waals surface area contributed by atoms with Gasteiger partial charge in [-0.1, -0.05) is 11.6 Å². The number of anilines is 1. The van der Waals surface area contributed by atoms with Crippen LogP contribution < -0.4 is 9.64 Å². The SMILES string of the molecule is COc1ncc(Cl)c(N2CCCC(C)(O)CC2)n1. The van der Waals surface area contributed by atoms with Gasteiger partial charge in [-0.25, -0.2) is 4.98 Å². The van der Waals surface area contributed by atoms with Crippen molar-refractivity contribution in [1.29, 1.82) is 0 Å². The highest BCUT2D eigenvalue weighted by Crippen LogP contribution is 2.29. The maximum Gasteiger partial charge on any atom is 0.318 e. The lowest BCUT2D eigenvalue weighted by Crippen LogP contribution is -2.29. The first kappa shape index (κ1) is 13.4. The van der Waals surface area contributed by atoms with E-state index in [0.29, 0.717) is 23.3 Å². The first-order chi connectivity index (χ1) is 8.52. The fraction of sp³-hybridized carbons (Fsp3) is 0.667. The molecular weight excluding hydrogens is 254 g/mol. The molecule has 1 aromatic rings. The van der Waals surface area contributed by atoms with Crippen molar-refractivity contribution in [2.24, 2.45) is 0 Å². The minimum Gasteiger partial charge on any atom is -0.467 e. The van der Waals surface area contributed by atoms with E-state index in [0.717, 1.165) is 25.9 Å². The molecule has 1 aliphatic rings. The van der Waals surface area contributed by atoms with Crippen LogP contribution in [0, 0.1) is 0 Å². The van der Waals surface area contributed by atoms with Crippen molar-refractivity contribution >= 4 is 17.4 Å². The van der Waals surface area contributed by atoms with E-state index in [4.69, 9.17) is 16.3 Å². The maximum absolute atomic E-state index is 10.1. The monoisotopic (exact) mass is 271 g/mol. The maximum atomic E-state index is 10.1. The van der Waals surface area contributed by atoms with Gasteiger partial charge in [0, 0.05) is 13.1 Å². The van der Waals surface area contributed by atoms with E-state index in [2.05, 4.69) is 14.9 Å². The molecule has 1 atom stereocenters. The molecule has 1 fully saturated rings. The topological polar surface area (TPSA) is 58.5 Å². The van der Waals surface area contributed by atoms with Gasteiger partial charge in [-0.15, -0.1) is 0 Å². The molecule has 1 unspecified atom stereocenters. The second-order valence-electron chi connectivity index (χ2n) is 4.87. The number of nitrogens with zero attached hydrogens (tertiary/aromatic N) is 3. The zero-order chi connectivity index (χ0) is 13.2. The Balaban J connectivity index is 2.20. The van der Waals surface area contributed by atoms with Crippen LogP contribution in [0.25, 0.3) is 0 Å². The Morgan fingerprint density at radius 2 is 2.22 bits per heavy atom. The average molecular weight is 272 g/mol. The molecule has 1 aliphatic heterocycles. The first-order valence-corrected chi connectivity index (χ1v) is 6.43. The molecule has 0 radical (unpaired) electrons. The normalized spacial score (nSPS) is 24.8. The molecule has 1 saturated heterocycles. The average Bonchev–Trinajstić information content (AvgIpc) is 2.51. The van der Waals surface area contributed by atoms with Crippen LogP contribution in [-0.4, -0.2) is 40.9 Å². The minimum atomic E-state index is -0.599. The predicted octanol–water partition coefficient (Wildman–Crippen LogP) is 1.88. The largest absolute Gasteiger partial charge is 0.467 e. The predicted molar refractivity (Wildman–Crippen MR) is 70.3 cm³/mol. The second kappa shape index (κ2) is 5.28. The van der Waals surface area contributed by atoms with Gasteiger partial charge in [0.15, 0.2) is 5.82 Å². The van der Waals surface area contributed by atoms with E-state index >= 15 is 0 Å². The molecule has 6 heteroatoms. The van der Waals surface area contributed by atoms with Crippen LogP contribution in [0.15, 0.2) is 6.20 Å².